The SMILES string of the molecule is CCCCCCCCCCCc1ccc(C2=NC(c3ccc(C)n3C)=CC2OCCC)[nH]1. The van der Waals surface area contributed by atoms with E-state index < -0.39 is 0 Å². The van der Waals surface area contributed by atoms with E-state index in [2.05, 4.69) is 67.7 Å². The summed E-state index contributed by atoms with van der Waals surface area (Å²) < 4.78 is 8.34. The van der Waals surface area contributed by atoms with Gasteiger partial charge in [0, 0.05) is 25.0 Å². The van der Waals surface area contributed by atoms with Crippen molar-refractivity contribution < 1.29 is 4.74 Å². The molecule has 1 atom stereocenters. The minimum atomic E-state index is -0.0839. The monoisotopic (exact) mass is 437 g/mol. The average Bonchev–Trinajstić information content (AvgIpc) is 3.50. The van der Waals surface area contributed by atoms with Crippen molar-refractivity contribution in [2.45, 2.75) is 97.5 Å². The van der Waals surface area contributed by atoms with Gasteiger partial charge in [0.25, 0.3) is 0 Å². The quantitative estimate of drug-likeness (QED) is 0.290. The van der Waals surface area contributed by atoms with E-state index in [1.807, 2.05) is 0 Å². The molecule has 2 aromatic rings. The van der Waals surface area contributed by atoms with Crippen molar-refractivity contribution in [2.24, 2.45) is 12.0 Å². The molecule has 3 heterocycles. The van der Waals surface area contributed by atoms with Gasteiger partial charge in [0.15, 0.2) is 0 Å². The molecule has 0 aliphatic carbocycles. The highest BCUT2D eigenvalue weighted by atomic mass is 16.5. The van der Waals surface area contributed by atoms with Crippen molar-refractivity contribution in [2.75, 3.05) is 6.61 Å². The van der Waals surface area contributed by atoms with Crippen LogP contribution in [-0.4, -0.2) is 28.0 Å². The maximum absolute atomic E-state index is 6.15. The molecule has 4 heteroatoms. The first-order chi connectivity index (χ1) is 15.6. The number of aryl methyl sites for hydroxylation is 2. The Hall–Kier alpha value is -2.07. The van der Waals surface area contributed by atoms with Crippen LogP contribution in [-0.2, 0) is 18.2 Å². The zero-order valence-corrected chi connectivity index (χ0v) is 20.8. The zero-order valence-electron chi connectivity index (χ0n) is 20.8. The lowest BCUT2D eigenvalue weighted by atomic mass is 10.1. The molecule has 0 fully saturated rings. The van der Waals surface area contributed by atoms with Gasteiger partial charge in [-0.3, -0.25) is 0 Å². The summed E-state index contributed by atoms with van der Waals surface area (Å²) in [6.07, 6.45) is 16.5. The summed E-state index contributed by atoms with van der Waals surface area (Å²) in [6.45, 7) is 7.29. The van der Waals surface area contributed by atoms with Crippen LogP contribution in [0.1, 0.15) is 101 Å². The molecule has 0 spiro atoms. The minimum Gasteiger partial charge on any atom is -0.368 e. The Morgan fingerprint density at radius 3 is 2.28 bits per heavy atom. The van der Waals surface area contributed by atoms with E-state index in [9.17, 15) is 0 Å². The van der Waals surface area contributed by atoms with Crippen molar-refractivity contribution in [3.63, 3.8) is 0 Å². The van der Waals surface area contributed by atoms with Crippen LogP contribution in [0.3, 0.4) is 0 Å². The zero-order chi connectivity index (χ0) is 22.8. The summed E-state index contributed by atoms with van der Waals surface area (Å²) in [4.78, 5) is 8.63. The molecule has 0 saturated carbocycles. The second-order valence-corrected chi connectivity index (χ2v) is 9.23. The number of unbranched alkanes of at least 4 members (excludes halogenated alkanes) is 8. The van der Waals surface area contributed by atoms with Crippen molar-refractivity contribution in [1.29, 1.82) is 0 Å². The van der Waals surface area contributed by atoms with Crippen LogP contribution in [0.5, 0.6) is 0 Å². The van der Waals surface area contributed by atoms with E-state index >= 15 is 0 Å². The first-order valence-electron chi connectivity index (χ1n) is 12.9. The van der Waals surface area contributed by atoms with Crippen LogP contribution in [0.2, 0.25) is 0 Å². The number of nitrogens with zero attached hydrogens (tertiary/aromatic N) is 2. The van der Waals surface area contributed by atoms with E-state index in [1.165, 1.54) is 69.2 Å². The van der Waals surface area contributed by atoms with Crippen LogP contribution in [0.15, 0.2) is 35.3 Å². The molecule has 0 radical (unpaired) electrons. The number of hydrogen-bond acceptors (Lipinski definition) is 2. The lowest BCUT2D eigenvalue weighted by Crippen LogP contribution is -2.21. The summed E-state index contributed by atoms with van der Waals surface area (Å²) in [5.74, 6) is 0. The topological polar surface area (TPSA) is 42.3 Å². The van der Waals surface area contributed by atoms with Crippen molar-refractivity contribution in [3.8, 4) is 0 Å². The summed E-state index contributed by atoms with van der Waals surface area (Å²) in [5, 5.41) is 0. The Morgan fingerprint density at radius 2 is 1.62 bits per heavy atom. The van der Waals surface area contributed by atoms with Gasteiger partial charge in [0.1, 0.15) is 6.10 Å². The molecule has 0 saturated heterocycles. The lowest BCUT2D eigenvalue weighted by molar-refractivity contribution is 0.129. The number of hydrogen-bond donors (Lipinski definition) is 1. The number of aromatic nitrogens is 2. The van der Waals surface area contributed by atoms with Gasteiger partial charge >= 0.3 is 0 Å². The number of aromatic amines is 1. The Morgan fingerprint density at radius 1 is 0.906 bits per heavy atom. The number of ether oxygens (including phenoxy) is 1. The highest BCUT2D eigenvalue weighted by Crippen LogP contribution is 2.28. The number of rotatable bonds is 15. The Bertz CT molecular complexity index is 886. The van der Waals surface area contributed by atoms with E-state index in [1.54, 1.807) is 0 Å². The van der Waals surface area contributed by atoms with Crippen molar-refractivity contribution in [1.82, 2.24) is 9.55 Å². The van der Waals surface area contributed by atoms with Crippen LogP contribution >= 0.6 is 0 Å². The summed E-state index contributed by atoms with van der Waals surface area (Å²) >= 11 is 0. The first kappa shape index (κ1) is 24.6. The second kappa shape index (κ2) is 12.8. The van der Waals surface area contributed by atoms with Gasteiger partial charge in [-0.1, -0.05) is 65.2 Å². The predicted octanol–water partition coefficient (Wildman–Crippen LogP) is 7.37. The van der Waals surface area contributed by atoms with E-state index in [0.717, 1.165) is 42.2 Å². The number of nitrogens with one attached hydrogen (secondary N) is 1. The Kier molecular flexibility index (Phi) is 9.86. The Balaban J connectivity index is 1.54. The molecule has 0 bridgehead atoms. The maximum atomic E-state index is 6.15. The maximum Gasteiger partial charge on any atom is 0.122 e. The molecule has 2 aromatic heterocycles. The van der Waals surface area contributed by atoms with Gasteiger partial charge in [-0.25, -0.2) is 4.99 Å². The molecule has 1 unspecified atom stereocenters. The van der Waals surface area contributed by atoms with E-state index in [0.29, 0.717) is 0 Å². The average molecular weight is 438 g/mol. The largest absolute Gasteiger partial charge is 0.368 e. The van der Waals surface area contributed by atoms with Gasteiger partial charge in [0.2, 0.25) is 0 Å². The molecule has 1 N–H and O–H groups in total. The van der Waals surface area contributed by atoms with Crippen molar-refractivity contribution in [3.05, 3.63) is 53.1 Å². The molecule has 0 amide bonds. The molecular weight excluding hydrogens is 394 g/mol. The molecule has 176 valence electrons. The molecule has 4 nitrogen and oxygen atoms in total. The lowest BCUT2D eigenvalue weighted by Gasteiger charge is -2.11. The summed E-state index contributed by atoms with van der Waals surface area (Å²) in [6, 6.07) is 8.69. The summed E-state index contributed by atoms with van der Waals surface area (Å²) in [5.41, 5.74) is 6.79. The van der Waals surface area contributed by atoms with Crippen LogP contribution < -0.4 is 0 Å². The third-order valence-electron chi connectivity index (χ3n) is 6.53. The van der Waals surface area contributed by atoms with Crippen LogP contribution in [0.4, 0.5) is 0 Å². The second-order valence-electron chi connectivity index (χ2n) is 9.23. The minimum absolute atomic E-state index is 0.0839. The fourth-order valence-corrected chi connectivity index (χ4v) is 4.41. The smallest absolute Gasteiger partial charge is 0.122 e. The van der Waals surface area contributed by atoms with Crippen LogP contribution in [0.25, 0.3) is 5.70 Å². The number of aliphatic imine (C=N–C) groups is 1. The summed E-state index contributed by atoms with van der Waals surface area (Å²) in [7, 11) is 2.10. The van der Waals surface area contributed by atoms with Gasteiger partial charge in [-0.2, -0.15) is 0 Å². The third-order valence-corrected chi connectivity index (χ3v) is 6.53. The van der Waals surface area contributed by atoms with Gasteiger partial charge in [0.05, 0.1) is 22.8 Å². The fraction of sp³-hybridized carbons (Fsp3) is 0.607. The molecule has 3 rings (SSSR count). The predicted molar refractivity (Wildman–Crippen MR) is 136 cm³/mol. The van der Waals surface area contributed by atoms with Gasteiger partial charge in [-0.15, -0.1) is 0 Å². The molecule has 1 aliphatic rings. The van der Waals surface area contributed by atoms with Crippen molar-refractivity contribution >= 4 is 11.4 Å². The normalized spacial score (nSPS) is 15.9. The third kappa shape index (κ3) is 6.71. The highest BCUT2D eigenvalue weighted by Gasteiger charge is 2.26. The van der Waals surface area contributed by atoms with E-state index in [-0.39, 0.29) is 6.10 Å². The Labute approximate surface area is 195 Å². The van der Waals surface area contributed by atoms with Gasteiger partial charge < -0.3 is 14.3 Å². The first-order valence-corrected chi connectivity index (χ1v) is 12.9. The van der Waals surface area contributed by atoms with Crippen LogP contribution in [0, 0.1) is 6.92 Å². The van der Waals surface area contributed by atoms with Gasteiger partial charge in [-0.05, 0) is 56.5 Å². The molecule has 32 heavy (non-hydrogen) atoms. The fourth-order valence-electron chi connectivity index (χ4n) is 4.41. The highest BCUT2D eigenvalue weighted by molar-refractivity contribution is 6.09. The standard InChI is InChI=1S/C28H43N3O/c1-5-7-8-9-10-11-12-13-14-15-23-17-18-24(29-23)28-27(32-20-6-2)21-25(30-28)26-19-16-22(3)31(26)4/h16-19,21,27,29H,5-15,20H2,1-4H3. The number of H-pyrrole nitrogens is 1. The molecule has 1 aliphatic heterocycles. The molecule has 0 aromatic carbocycles. The molecular formula is C28H43N3O. The van der Waals surface area contributed by atoms with E-state index in [4.69, 9.17) is 9.73 Å².